The van der Waals surface area contributed by atoms with Gasteiger partial charge in [0.25, 0.3) is 0 Å². The maximum absolute atomic E-state index is 12.6. The van der Waals surface area contributed by atoms with E-state index in [9.17, 15) is 10.1 Å². The number of hydrogen-bond acceptors (Lipinski definition) is 6. The van der Waals surface area contributed by atoms with Gasteiger partial charge in [0.2, 0.25) is 5.91 Å². The van der Waals surface area contributed by atoms with Crippen molar-refractivity contribution in [3.63, 3.8) is 0 Å². The van der Waals surface area contributed by atoms with Crippen LogP contribution in [0.3, 0.4) is 0 Å². The number of nitrogens with zero attached hydrogens (tertiary/aromatic N) is 3. The number of ether oxygens (including phenoxy) is 1. The van der Waals surface area contributed by atoms with E-state index in [1.54, 1.807) is 18.4 Å². The molecule has 1 aromatic heterocycles. The number of fused-ring (bicyclic) bond motifs is 1. The molecular formula is C22H26N4O2S. The molecule has 152 valence electrons. The maximum atomic E-state index is 12.6. The number of benzene rings is 1. The number of methoxy groups -OCH3 is 1. The number of aryl methyl sites for hydroxylation is 1. The number of rotatable bonds is 5. The molecule has 1 amide bonds. The van der Waals surface area contributed by atoms with Crippen molar-refractivity contribution in [3.05, 3.63) is 40.3 Å². The highest BCUT2D eigenvalue weighted by Gasteiger charge is 2.23. The van der Waals surface area contributed by atoms with E-state index in [1.165, 1.54) is 11.3 Å². The topological polar surface area (TPSA) is 68.6 Å². The van der Waals surface area contributed by atoms with Crippen molar-refractivity contribution >= 4 is 27.9 Å². The molecule has 1 aliphatic carbocycles. The van der Waals surface area contributed by atoms with E-state index >= 15 is 0 Å². The van der Waals surface area contributed by atoms with Gasteiger partial charge in [-0.2, -0.15) is 5.26 Å². The lowest BCUT2D eigenvalue weighted by Gasteiger charge is -2.35. The van der Waals surface area contributed by atoms with Gasteiger partial charge in [-0.15, -0.1) is 11.3 Å². The first kappa shape index (κ1) is 19.7. The summed E-state index contributed by atoms with van der Waals surface area (Å²) in [6.45, 7) is 3.77. The van der Waals surface area contributed by atoms with Crippen LogP contribution in [0.1, 0.15) is 28.8 Å². The van der Waals surface area contributed by atoms with E-state index in [1.807, 2.05) is 18.2 Å². The highest BCUT2D eigenvalue weighted by molar-refractivity contribution is 7.16. The molecule has 7 heteroatoms. The third kappa shape index (κ3) is 4.39. The Kier molecular flexibility index (Phi) is 6.02. The predicted octanol–water partition coefficient (Wildman–Crippen LogP) is 3.27. The molecule has 29 heavy (non-hydrogen) atoms. The highest BCUT2D eigenvalue weighted by atomic mass is 32.1. The van der Waals surface area contributed by atoms with Crippen molar-refractivity contribution in [2.45, 2.75) is 25.7 Å². The van der Waals surface area contributed by atoms with Gasteiger partial charge in [-0.3, -0.25) is 9.69 Å². The van der Waals surface area contributed by atoms with Gasteiger partial charge in [-0.05, 0) is 43.4 Å². The minimum Gasteiger partial charge on any atom is -0.497 e. The average molecular weight is 411 g/mol. The van der Waals surface area contributed by atoms with Gasteiger partial charge < -0.3 is 15.0 Å². The van der Waals surface area contributed by atoms with E-state index in [2.05, 4.69) is 27.3 Å². The van der Waals surface area contributed by atoms with Crippen LogP contribution in [0.2, 0.25) is 0 Å². The molecule has 0 bridgehead atoms. The molecule has 0 spiro atoms. The number of carbonyl (C=O) groups is 1. The summed E-state index contributed by atoms with van der Waals surface area (Å²) in [6, 6.07) is 10.4. The lowest BCUT2D eigenvalue weighted by molar-refractivity contribution is -0.117. The minimum absolute atomic E-state index is 0.0325. The molecular weight excluding hydrogens is 384 g/mol. The first-order chi connectivity index (χ1) is 14.2. The molecule has 4 rings (SSSR count). The zero-order valence-corrected chi connectivity index (χ0v) is 17.6. The summed E-state index contributed by atoms with van der Waals surface area (Å²) in [4.78, 5) is 18.4. The molecule has 1 fully saturated rings. The number of piperazine rings is 1. The number of hydrogen-bond donors (Lipinski definition) is 1. The lowest BCUT2D eigenvalue weighted by Crippen LogP contribution is -2.48. The lowest BCUT2D eigenvalue weighted by atomic mass is 9.96. The summed E-state index contributed by atoms with van der Waals surface area (Å²) in [7, 11) is 1.68. The smallest absolute Gasteiger partial charge is 0.239 e. The molecule has 0 radical (unpaired) electrons. The van der Waals surface area contributed by atoms with E-state index in [0.29, 0.717) is 12.1 Å². The second kappa shape index (κ2) is 8.85. The van der Waals surface area contributed by atoms with Crippen LogP contribution in [-0.4, -0.2) is 50.6 Å². The number of thiophene rings is 1. The van der Waals surface area contributed by atoms with Gasteiger partial charge in [0.1, 0.15) is 16.8 Å². The van der Waals surface area contributed by atoms with Crippen molar-refractivity contribution in [1.29, 1.82) is 5.26 Å². The van der Waals surface area contributed by atoms with Gasteiger partial charge in [0, 0.05) is 42.8 Å². The van der Waals surface area contributed by atoms with Crippen LogP contribution >= 0.6 is 11.3 Å². The molecule has 1 saturated heterocycles. The zero-order valence-electron chi connectivity index (χ0n) is 16.7. The summed E-state index contributed by atoms with van der Waals surface area (Å²) < 4.78 is 5.31. The Bertz CT molecular complexity index is 925. The highest BCUT2D eigenvalue weighted by Crippen LogP contribution is 2.37. The van der Waals surface area contributed by atoms with Crippen LogP contribution < -0.4 is 15.0 Å². The van der Waals surface area contributed by atoms with E-state index in [-0.39, 0.29) is 5.91 Å². The minimum atomic E-state index is -0.0325. The molecule has 2 aliphatic rings. The fourth-order valence-corrected chi connectivity index (χ4v) is 5.37. The monoisotopic (exact) mass is 410 g/mol. The van der Waals surface area contributed by atoms with Crippen LogP contribution in [0.5, 0.6) is 5.75 Å². The van der Waals surface area contributed by atoms with Crippen molar-refractivity contribution < 1.29 is 9.53 Å². The van der Waals surface area contributed by atoms with Crippen molar-refractivity contribution in [1.82, 2.24) is 4.90 Å². The zero-order chi connectivity index (χ0) is 20.2. The normalized spacial score (nSPS) is 16.8. The van der Waals surface area contributed by atoms with Crippen molar-refractivity contribution in [3.8, 4) is 11.8 Å². The summed E-state index contributed by atoms with van der Waals surface area (Å²) in [5.74, 6) is 0.825. The van der Waals surface area contributed by atoms with Crippen LogP contribution in [0.25, 0.3) is 0 Å². The first-order valence-electron chi connectivity index (χ1n) is 10.1. The van der Waals surface area contributed by atoms with Gasteiger partial charge in [-0.25, -0.2) is 0 Å². The molecule has 6 nitrogen and oxygen atoms in total. The van der Waals surface area contributed by atoms with Gasteiger partial charge in [0.15, 0.2) is 0 Å². The third-order valence-electron chi connectivity index (χ3n) is 5.69. The SMILES string of the molecule is COc1cccc(N2CCN(CC(=O)Nc3sc4c(c3C#N)CCCC4)CC2)c1. The molecule has 2 heterocycles. The predicted molar refractivity (Wildman–Crippen MR) is 116 cm³/mol. The van der Waals surface area contributed by atoms with Crippen LogP contribution in [0, 0.1) is 11.3 Å². The largest absolute Gasteiger partial charge is 0.497 e. The molecule has 1 aliphatic heterocycles. The Hall–Kier alpha value is -2.56. The molecule has 2 aromatic rings. The van der Waals surface area contributed by atoms with Crippen LogP contribution in [-0.2, 0) is 17.6 Å². The van der Waals surface area contributed by atoms with Crippen LogP contribution in [0.4, 0.5) is 10.7 Å². The van der Waals surface area contributed by atoms with E-state index in [0.717, 1.165) is 67.4 Å². The molecule has 0 saturated carbocycles. The summed E-state index contributed by atoms with van der Waals surface area (Å²) in [6.07, 6.45) is 4.28. The summed E-state index contributed by atoms with van der Waals surface area (Å²) >= 11 is 1.58. The quantitative estimate of drug-likeness (QED) is 0.819. The maximum Gasteiger partial charge on any atom is 0.239 e. The number of anilines is 2. The first-order valence-corrected chi connectivity index (χ1v) is 11.0. The Morgan fingerprint density at radius 1 is 1.24 bits per heavy atom. The van der Waals surface area contributed by atoms with Gasteiger partial charge in [0.05, 0.1) is 19.2 Å². The average Bonchev–Trinajstić information content (AvgIpc) is 3.11. The second-order valence-corrected chi connectivity index (χ2v) is 8.64. The number of amides is 1. The fraction of sp³-hybridized carbons (Fsp3) is 0.455. The Morgan fingerprint density at radius 3 is 2.79 bits per heavy atom. The fourth-order valence-electron chi connectivity index (χ4n) is 4.11. The molecule has 0 unspecified atom stereocenters. The molecule has 1 N–H and O–H groups in total. The Balaban J connectivity index is 1.32. The number of carbonyl (C=O) groups excluding carboxylic acids is 1. The van der Waals surface area contributed by atoms with Crippen molar-refractivity contribution in [2.24, 2.45) is 0 Å². The standard InChI is InChI=1S/C22H26N4O2S/c1-28-17-6-4-5-16(13-17)26-11-9-25(10-12-26)15-21(27)24-22-19(14-23)18-7-2-3-8-20(18)29-22/h4-6,13H,2-3,7-12,15H2,1H3,(H,24,27). The van der Waals surface area contributed by atoms with Crippen molar-refractivity contribution in [2.75, 3.05) is 50.1 Å². The second-order valence-electron chi connectivity index (χ2n) is 7.54. The Morgan fingerprint density at radius 2 is 2.03 bits per heavy atom. The Labute approximate surface area is 175 Å². The van der Waals surface area contributed by atoms with Crippen LogP contribution in [0.15, 0.2) is 24.3 Å². The molecule has 0 atom stereocenters. The van der Waals surface area contributed by atoms with E-state index in [4.69, 9.17) is 4.74 Å². The van der Waals surface area contributed by atoms with Gasteiger partial charge >= 0.3 is 0 Å². The van der Waals surface area contributed by atoms with E-state index < -0.39 is 0 Å². The summed E-state index contributed by atoms with van der Waals surface area (Å²) in [5, 5.41) is 13.3. The summed E-state index contributed by atoms with van der Waals surface area (Å²) in [5.41, 5.74) is 2.99. The third-order valence-corrected chi connectivity index (χ3v) is 6.90. The number of nitrogens with one attached hydrogen (secondary N) is 1. The van der Waals surface area contributed by atoms with Gasteiger partial charge in [-0.1, -0.05) is 6.07 Å². The number of nitriles is 1. The molecule has 1 aromatic carbocycles.